The molecule has 2 rings (SSSR count). The topological polar surface area (TPSA) is 41.3 Å². The van der Waals surface area contributed by atoms with Gasteiger partial charge in [0, 0.05) is 32.5 Å². The molecule has 1 aliphatic rings. The molecule has 1 aromatic rings. The van der Waals surface area contributed by atoms with Gasteiger partial charge in [0.2, 0.25) is 0 Å². The molecule has 2 heterocycles. The maximum atomic E-state index is 10.6. The maximum Gasteiger partial charge on any atom is 0.140 e. The van der Waals surface area contributed by atoms with Crippen LogP contribution in [0.2, 0.25) is 0 Å². The van der Waals surface area contributed by atoms with E-state index in [1.54, 1.807) is 6.20 Å². The minimum atomic E-state index is -0.720. The minimum absolute atomic E-state index is 0.720. The first-order valence-corrected chi connectivity index (χ1v) is 6.08. The van der Waals surface area contributed by atoms with Crippen LogP contribution in [0, 0.1) is 0 Å². The van der Waals surface area contributed by atoms with Gasteiger partial charge in [-0.15, -0.1) is 0 Å². The van der Waals surface area contributed by atoms with Crippen LogP contribution in [0.3, 0.4) is 0 Å². The monoisotopic (exact) mass is 223 g/mol. The zero-order chi connectivity index (χ0) is 11.6. The summed E-state index contributed by atoms with van der Waals surface area (Å²) in [5.41, 5.74) is -0.720. The third-order valence-electron chi connectivity index (χ3n) is 3.46. The molecule has 0 aromatic carbocycles. The molecule has 4 nitrogen and oxygen atoms in total. The number of hydrogen-bond donors (Lipinski definition) is 1. The Kier molecular flexibility index (Phi) is 3.30. The Morgan fingerprint density at radius 2 is 2.12 bits per heavy atom. The summed E-state index contributed by atoms with van der Waals surface area (Å²) in [7, 11) is 1.94. The van der Waals surface area contributed by atoms with Crippen molar-refractivity contribution in [2.24, 2.45) is 7.05 Å². The number of hydrogen-bond acceptors (Lipinski definition) is 3. The molecule has 0 bridgehead atoms. The normalized spacial score (nSPS) is 21.2. The molecule has 16 heavy (non-hydrogen) atoms. The molecule has 1 N–H and O–H groups in total. The van der Waals surface area contributed by atoms with E-state index in [0.29, 0.717) is 0 Å². The summed E-state index contributed by atoms with van der Waals surface area (Å²) < 4.78 is 1.93. The number of piperidine rings is 1. The molecular weight excluding hydrogens is 202 g/mol. The molecule has 90 valence electrons. The van der Waals surface area contributed by atoms with Crippen LogP contribution in [0.1, 0.15) is 32.0 Å². The summed E-state index contributed by atoms with van der Waals surface area (Å²) in [5, 5.41) is 10.6. The molecule has 0 atom stereocenters. The van der Waals surface area contributed by atoms with Crippen molar-refractivity contribution in [3.05, 3.63) is 18.2 Å². The van der Waals surface area contributed by atoms with Crippen LogP contribution in [0.4, 0.5) is 0 Å². The first-order chi connectivity index (χ1) is 7.65. The number of likely N-dealkylation sites (tertiary alicyclic amines) is 1. The Morgan fingerprint density at radius 1 is 1.44 bits per heavy atom. The minimum Gasteiger partial charge on any atom is -0.382 e. The Bertz CT molecular complexity index is 340. The van der Waals surface area contributed by atoms with Crippen LogP contribution in [-0.2, 0) is 12.6 Å². The molecule has 0 spiro atoms. The average molecular weight is 223 g/mol. The average Bonchev–Trinajstić information content (AvgIpc) is 2.69. The summed E-state index contributed by atoms with van der Waals surface area (Å²) in [4.78, 5) is 6.69. The SMILES string of the molecule is CCCN1CCC(O)(c2nccn2C)CC1. The van der Waals surface area contributed by atoms with Crippen LogP contribution in [0.25, 0.3) is 0 Å². The van der Waals surface area contributed by atoms with Crippen molar-refractivity contribution < 1.29 is 5.11 Å². The van der Waals surface area contributed by atoms with Gasteiger partial charge in [-0.1, -0.05) is 6.92 Å². The second-order valence-corrected chi connectivity index (χ2v) is 4.73. The van der Waals surface area contributed by atoms with E-state index in [1.165, 1.54) is 6.42 Å². The molecule has 1 saturated heterocycles. The number of nitrogens with zero attached hydrogens (tertiary/aromatic N) is 3. The lowest BCUT2D eigenvalue weighted by atomic mass is 9.90. The van der Waals surface area contributed by atoms with Crippen molar-refractivity contribution in [1.82, 2.24) is 14.5 Å². The first-order valence-electron chi connectivity index (χ1n) is 6.08. The summed E-state index contributed by atoms with van der Waals surface area (Å²) >= 11 is 0. The van der Waals surface area contributed by atoms with E-state index in [2.05, 4.69) is 16.8 Å². The zero-order valence-electron chi connectivity index (χ0n) is 10.2. The molecule has 0 saturated carbocycles. The summed E-state index contributed by atoms with van der Waals surface area (Å²) in [6.45, 7) is 5.27. The van der Waals surface area contributed by atoms with Gasteiger partial charge in [0.15, 0.2) is 0 Å². The van der Waals surface area contributed by atoms with Gasteiger partial charge in [-0.25, -0.2) is 4.98 Å². The molecule has 4 heteroatoms. The molecule has 0 unspecified atom stereocenters. The maximum absolute atomic E-state index is 10.6. The van der Waals surface area contributed by atoms with E-state index in [1.807, 2.05) is 17.8 Å². The van der Waals surface area contributed by atoms with Gasteiger partial charge in [0.05, 0.1) is 0 Å². The van der Waals surface area contributed by atoms with Crippen LogP contribution >= 0.6 is 0 Å². The van der Waals surface area contributed by atoms with Gasteiger partial charge in [0.25, 0.3) is 0 Å². The van der Waals surface area contributed by atoms with Gasteiger partial charge in [-0.3, -0.25) is 0 Å². The van der Waals surface area contributed by atoms with Crippen molar-refractivity contribution >= 4 is 0 Å². The van der Waals surface area contributed by atoms with Gasteiger partial charge in [-0.2, -0.15) is 0 Å². The summed E-state index contributed by atoms with van der Waals surface area (Å²) in [6, 6.07) is 0. The van der Waals surface area contributed by atoms with E-state index < -0.39 is 5.60 Å². The third kappa shape index (κ3) is 2.13. The third-order valence-corrected chi connectivity index (χ3v) is 3.46. The number of aryl methyl sites for hydroxylation is 1. The van der Waals surface area contributed by atoms with E-state index in [9.17, 15) is 5.11 Å². The van der Waals surface area contributed by atoms with Gasteiger partial charge in [0.1, 0.15) is 11.4 Å². The smallest absolute Gasteiger partial charge is 0.140 e. The lowest BCUT2D eigenvalue weighted by molar-refractivity contribution is -0.0347. The van der Waals surface area contributed by atoms with E-state index in [0.717, 1.165) is 38.3 Å². The van der Waals surface area contributed by atoms with Crippen molar-refractivity contribution in [3.63, 3.8) is 0 Å². The van der Waals surface area contributed by atoms with E-state index >= 15 is 0 Å². The predicted molar refractivity (Wildman–Crippen MR) is 63.1 cm³/mol. The van der Waals surface area contributed by atoms with Gasteiger partial charge >= 0.3 is 0 Å². The Balaban J connectivity index is 2.04. The van der Waals surface area contributed by atoms with Gasteiger partial charge < -0.3 is 14.6 Å². The van der Waals surface area contributed by atoms with Crippen molar-refractivity contribution in [3.8, 4) is 0 Å². The standard InChI is InChI=1S/C12H21N3O/c1-3-7-15-8-4-12(16,5-9-15)11-13-6-10-14(11)2/h6,10,16H,3-5,7-9H2,1-2H3. The highest BCUT2D eigenvalue weighted by molar-refractivity contribution is 5.06. The molecule has 0 radical (unpaired) electrons. The van der Waals surface area contributed by atoms with Crippen molar-refractivity contribution in [2.75, 3.05) is 19.6 Å². The molecule has 0 amide bonds. The molecule has 1 aliphatic heterocycles. The number of aromatic nitrogens is 2. The molecular formula is C12H21N3O. The van der Waals surface area contributed by atoms with E-state index in [-0.39, 0.29) is 0 Å². The number of aliphatic hydroxyl groups is 1. The molecule has 0 aliphatic carbocycles. The number of rotatable bonds is 3. The Hall–Kier alpha value is -0.870. The Morgan fingerprint density at radius 3 is 2.62 bits per heavy atom. The van der Waals surface area contributed by atoms with Gasteiger partial charge in [-0.05, 0) is 25.8 Å². The highest BCUT2D eigenvalue weighted by atomic mass is 16.3. The highest BCUT2D eigenvalue weighted by Crippen LogP contribution is 2.31. The lowest BCUT2D eigenvalue weighted by Crippen LogP contribution is -2.44. The second kappa shape index (κ2) is 4.55. The summed E-state index contributed by atoms with van der Waals surface area (Å²) in [5.74, 6) is 0.809. The fourth-order valence-corrected chi connectivity index (χ4v) is 2.50. The number of imidazole rings is 1. The quantitative estimate of drug-likeness (QED) is 0.834. The summed E-state index contributed by atoms with van der Waals surface area (Å²) in [6.07, 6.45) is 6.41. The van der Waals surface area contributed by atoms with Crippen LogP contribution in [0.15, 0.2) is 12.4 Å². The highest BCUT2D eigenvalue weighted by Gasteiger charge is 2.36. The van der Waals surface area contributed by atoms with Crippen LogP contribution < -0.4 is 0 Å². The first kappa shape index (κ1) is 11.6. The predicted octanol–water partition coefficient (Wildman–Crippen LogP) is 1.11. The van der Waals surface area contributed by atoms with Crippen LogP contribution in [0.5, 0.6) is 0 Å². The fraction of sp³-hybridized carbons (Fsp3) is 0.750. The zero-order valence-corrected chi connectivity index (χ0v) is 10.2. The van der Waals surface area contributed by atoms with E-state index in [4.69, 9.17) is 0 Å². The van der Waals surface area contributed by atoms with Crippen molar-refractivity contribution in [1.29, 1.82) is 0 Å². The van der Waals surface area contributed by atoms with Crippen molar-refractivity contribution in [2.45, 2.75) is 31.8 Å². The Labute approximate surface area is 96.9 Å². The molecule has 1 fully saturated rings. The largest absolute Gasteiger partial charge is 0.382 e. The second-order valence-electron chi connectivity index (χ2n) is 4.73. The lowest BCUT2D eigenvalue weighted by Gasteiger charge is -2.37. The fourth-order valence-electron chi connectivity index (χ4n) is 2.50. The molecule has 1 aromatic heterocycles. The van der Waals surface area contributed by atoms with Crippen LogP contribution in [-0.4, -0.2) is 39.2 Å².